The van der Waals surface area contributed by atoms with E-state index in [1.54, 1.807) is 25.1 Å². The van der Waals surface area contributed by atoms with Gasteiger partial charge in [0.1, 0.15) is 0 Å². The lowest BCUT2D eigenvalue weighted by molar-refractivity contribution is 0.0266. The van der Waals surface area contributed by atoms with Crippen molar-refractivity contribution in [2.24, 2.45) is 0 Å². The summed E-state index contributed by atoms with van der Waals surface area (Å²) in [5, 5.41) is 3.83. The normalized spacial score (nSPS) is 12.1. The summed E-state index contributed by atoms with van der Waals surface area (Å²) in [5.41, 5.74) is 6.43. The SMILES string of the molecule is CCCc1noc([C@@H](C)OC(=O)c2cc(Br)ccc2N)n1. The van der Waals surface area contributed by atoms with Gasteiger partial charge in [0.05, 0.1) is 5.56 Å². The number of nitrogens with zero attached hydrogens (tertiary/aromatic N) is 2. The van der Waals surface area contributed by atoms with Gasteiger partial charge in [0.25, 0.3) is 5.89 Å². The van der Waals surface area contributed by atoms with Gasteiger partial charge >= 0.3 is 5.97 Å². The standard InChI is InChI=1S/C14H16BrN3O3/c1-3-4-12-17-13(21-18-12)8(2)20-14(19)10-7-9(15)5-6-11(10)16/h5-8H,3-4,16H2,1-2H3/t8-/m1/s1. The molecule has 1 aromatic carbocycles. The second-order valence-electron chi connectivity index (χ2n) is 4.58. The molecule has 0 amide bonds. The Morgan fingerprint density at radius 1 is 1.52 bits per heavy atom. The highest BCUT2D eigenvalue weighted by Crippen LogP contribution is 2.22. The highest BCUT2D eigenvalue weighted by Gasteiger charge is 2.21. The highest BCUT2D eigenvalue weighted by atomic mass is 79.9. The number of carbonyl (C=O) groups is 1. The van der Waals surface area contributed by atoms with Crippen molar-refractivity contribution >= 4 is 27.6 Å². The molecule has 0 aliphatic heterocycles. The predicted octanol–water partition coefficient (Wildman–Crippen LogP) is 3.28. The Hall–Kier alpha value is -1.89. The Kier molecular flexibility index (Phi) is 4.95. The van der Waals surface area contributed by atoms with Gasteiger partial charge in [-0.1, -0.05) is 28.0 Å². The molecule has 0 aliphatic rings. The third-order valence-electron chi connectivity index (χ3n) is 2.82. The van der Waals surface area contributed by atoms with Crippen LogP contribution in [0.5, 0.6) is 0 Å². The molecule has 0 saturated carbocycles. The molecule has 2 rings (SSSR count). The molecule has 0 fully saturated rings. The van der Waals surface area contributed by atoms with Gasteiger partial charge in [-0.05, 0) is 31.5 Å². The lowest BCUT2D eigenvalue weighted by Crippen LogP contribution is -2.11. The van der Waals surface area contributed by atoms with E-state index in [1.165, 1.54) is 0 Å². The molecule has 0 bridgehead atoms. The van der Waals surface area contributed by atoms with Gasteiger partial charge in [0.15, 0.2) is 11.9 Å². The summed E-state index contributed by atoms with van der Waals surface area (Å²) in [6.45, 7) is 3.70. The molecule has 7 heteroatoms. The maximum Gasteiger partial charge on any atom is 0.341 e. The minimum absolute atomic E-state index is 0.278. The first kappa shape index (κ1) is 15.5. The Balaban J connectivity index is 2.09. The quantitative estimate of drug-likeness (QED) is 0.654. The van der Waals surface area contributed by atoms with Crippen molar-refractivity contribution in [3.05, 3.63) is 40.0 Å². The third kappa shape index (κ3) is 3.81. The van der Waals surface area contributed by atoms with E-state index in [0.717, 1.165) is 17.3 Å². The van der Waals surface area contributed by atoms with Crippen LogP contribution in [-0.2, 0) is 11.2 Å². The highest BCUT2D eigenvalue weighted by molar-refractivity contribution is 9.10. The largest absolute Gasteiger partial charge is 0.449 e. The third-order valence-corrected chi connectivity index (χ3v) is 3.32. The summed E-state index contributed by atoms with van der Waals surface area (Å²) in [7, 11) is 0. The fourth-order valence-corrected chi connectivity index (χ4v) is 2.10. The molecule has 0 saturated heterocycles. The van der Waals surface area contributed by atoms with E-state index in [-0.39, 0.29) is 5.89 Å². The molecule has 6 nitrogen and oxygen atoms in total. The summed E-state index contributed by atoms with van der Waals surface area (Å²) < 4.78 is 11.2. The number of hydrogen-bond acceptors (Lipinski definition) is 6. The molecule has 1 atom stereocenters. The van der Waals surface area contributed by atoms with Crippen LogP contribution in [0.1, 0.15) is 48.4 Å². The van der Waals surface area contributed by atoms with Crippen molar-refractivity contribution in [2.45, 2.75) is 32.8 Å². The smallest absolute Gasteiger partial charge is 0.341 e. The summed E-state index contributed by atoms with van der Waals surface area (Å²) in [6, 6.07) is 5.00. The number of hydrogen-bond donors (Lipinski definition) is 1. The van der Waals surface area contributed by atoms with Crippen molar-refractivity contribution in [1.82, 2.24) is 10.1 Å². The van der Waals surface area contributed by atoms with Crippen LogP contribution in [0.4, 0.5) is 5.69 Å². The Bertz CT molecular complexity index is 642. The van der Waals surface area contributed by atoms with Crippen molar-refractivity contribution in [2.75, 3.05) is 5.73 Å². The number of halogens is 1. The fourth-order valence-electron chi connectivity index (χ4n) is 1.74. The first-order chi connectivity index (χ1) is 10.0. The number of aromatic nitrogens is 2. The average Bonchev–Trinajstić information content (AvgIpc) is 2.90. The maximum absolute atomic E-state index is 12.1. The molecule has 1 heterocycles. The number of nitrogens with two attached hydrogens (primary N) is 1. The summed E-state index contributed by atoms with van der Waals surface area (Å²) >= 11 is 3.29. The van der Waals surface area contributed by atoms with Gasteiger partial charge < -0.3 is 15.0 Å². The zero-order valence-corrected chi connectivity index (χ0v) is 13.4. The second kappa shape index (κ2) is 6.71. The number of anilines is 1. The molecule has 0 radical (unpaired) electrons. The fraction of sp³-hybridized carbons (Fsp3) is 0.357. The van der Waals surface area contributed by atoms with Crippen LogP contribution in [0.15, 0.2) is 27.2 Å². The van der Waals surface area contributed by atoms with Crippen LogP contribution in [0.25, 0.3) is 0 Å². The molecule has 1 aromatic heterocycles. The lowest BCUT2D eigenvalue weighted by atomic mass is 10.2. The molecule has 0 unspecified atom stereocenters. The van der Waals surface area contributed by atoms with Crippen LogP contribution >= 0.6 is 15.9 Å². The first-order valence-corrected chi connectivity index (χ1v) is 7.39. The van der Waals surface area contributed by atoms with E-state index < -0.39 is 12.1 Å². The molecular formula is C14H16BrN3O3. The Morgan fingerprint density at radius 3 is 3.00 bits per heavy atom. The molecular weight excluding hydrogens is 338 g/mol. The van der Waals surface area contributed by atoms with Gasteiger partial charge in [-0.15, -0.1) is 0 Å². The Labute approximate surface area is 130 Å². The summed E-state index contributed by atoms with van der Waals surface area (Å²) in [6.07, 6.45) is 1.01. The van der Waals surface area contributed by atoms with Crippen molar-refractivity contribution in [3.8, 4) is 0 Å². The van der Waals surface area contributed by atoms with E-state index in [9.17, 15) is 4.79 Å². The predicted molar refractivity (Wildman–Crippen MR) is 80.7 cm³/mol. The van der Waals surface area contributed by atoms with E-state index in [1.807, 2.05) is 6.92 Å². The van der Waals surface area contributed by atoms with Crippen LogP contribution in [0.2, 0.25) is 0 Å². The zero-order valence-electron chi connectivity index (χ0n) is 11.8. The van der Waals surface area contributed by atoms with Gasteiger partial charge in [-0.2, -0.15) is 4.98 Å². The lowest BCUT2D eigenvalue weighted by Gasteiger charge is -2.10. The van der Waals surface area contributed by atoms with E-state index in [2.05, 4.69) is 26.1 Å². The topological polar surface area (TPSA) is 91.2 Å². The van der Waals surface area contributed by atoms with Crippen molar-refractivity contribution < 1.29 is 14.1 Å². The van der Waals surface area contributed by atoms with Crippen molar-refractivity contribution in [1.29, 1.82) is 0 Å². The molecule has 112 valence electrons. The number of rotatable bonds is 5. The van der Waals surface area contributed by atoms with Gasteiger partial charge in [0.2, 0.25) is 0 Å². The van der Waals surface area contributed by atoms with Crippen LogP contribution in [0.3, 0.4) is 0 Å². The zero-order chi connectivity index (χ0) is 15.4. The van der Waals surface area contributed by atoms with Gasteiger partial charge in [0, 0.05) is 16.6 Å². The minimum Gasteiger partial charge on any atom is -0.449 e. The van der Waals surface area contributed by atoms with Gasteiger partial charge in [-0.3, -0.25) is 0 Å². The minimum atomic E-state index is -0.631. The number of carbonyl (C=O) groups excluding carboxylic acids is 1. The molecule has 21 heavy (non-hydrogen) atoms. The average molecular weight is 354 g/mol. The van der Waals surface area contributed by atoms with E-state index >= 15 is 0 Å². The van der Waals surface area contributed by atoms with Crippen LogP contribution in [-0.4, -0.2) is 16.1 Å². The van der Waals surface area contributed by atoms with E-state index in [0.29, 0.717) is 17.1 Å². The number of nitrogen functional groups attached to an aromatic ring is 1. The summed E-state index contributed by atoms with van der Waals surface area (Å²) in [5.74, 6) is 0.356. The molecule has 2 N–H and O–H groups in total. The monoisotopic (exact) mass is 353 g/mol. The number of esters is 1. The number of aryl methyl sites for hydroxylation is 1. The molecule has 0 aliphatic carbocycles. The van der Waals surface area contributed by atoms with Crippen LogP contribution < -0.4 is 5.73 Å². The van der Waals surface area contributed by atoms with Crippen LogP contribution in [0, 0.1) is 0 Å². The van der Waals surface area contributed by atoms with Gasteiger partial charge in [-0.25, -0.2) is 4.79 Å². The number of ether oxygens (including phenoxy) is 1. The summed E-state index contributed by atoms with van der Waals surface area (Å²) in [4.78, 5) is 16.3. The molecule has 2 aromatic rings. The van der Waals surface area contributed by atoms with E-state index in [4.69, 9.17) is 15.0 Å². The molecule has 0 spiro atoms. The maximum atomic E-state index is 12.1. The van der Waals surface area contributed by atoms with Crippen molar-refractivity contribution in [3.63, 3.8) is 0 Å². The second-order valence-corrected chi connectivity index (χ2v) is 5.49. The Morgan fingerprint density at radius 2 is 2.29 bits per heavy atom. The number of benzene rings is 1. The first-order valence-electron chi connectivity index (χ1n) is 6.59.